The number of carbonyl (C=O) groups excluding carboxylic acids is 3. The van der Waals surface area contributed by atoms with Crippen molar-refractivity contribution in [2.24, 2.45) is 0 Å². The zero-order valence-corrected chi connectivity index (χ0v) is 18.6. The SMILES string of the molecule is COC(=O)c1c(Cl)cccc1-c1ccc([C@@H](C)NC(=O)C2(NC(=O)C(F)F)CCC2)c(F)c1. The number of carbonyl (C=O) groups is 3. The lowest BCUT2D eigenvalue weighted by atomic mass is 9.75. The number of halogens is 4. The van der Waals surface area contributed by atoms with Crippen molar-refractivity contribution in [1.82, 2.24) is 10.6 Å². The quantitative estimate of drug-likeness (QED) is 0.572. The fourth-order valence-electron chi connectivity index (χ4n) is 3.76. The van der Waals surface area contributed by atoms with Crippen molar-refractivity contribution in [3.8, 4) is 11.1 Å². The zero-order chi connectivity index (χ0) is 24.3. The fraction of sp³-hybridized carbons (Fsp3) is 0.348. The first-order valence-electron chi connectivity index (χ1n) is 10.2. The van der Waals surface area contributed by atoms with E-state index in [1.165, 1.54) is 32.2 Å². The van der Waals surface area contributed by atoms with Crippen LogP contribution in [0.1, 0.15) is 48.1 Å². The Kier molecular flexibility index (Phi) is 7.31. The number of nitrogens with one attached hydrogen (secondary N) is 2. The van der Waals surface area contributed by atoms with E-state index in [4.69, 9.17) is 16.3 Å². The third-order valence-corrected chi connectivity index (χ3v) is 6.05. The molecule has 0 spiro atoms. The van der Waals surface area contributed by atoms with Gasteiger partial charge in [0, 0.05) is 5.56 Å². The van der Waals surface area contributed by atoms with Gasteiger partial charge in [-0.1, -0.05) is 35.9 Å². The molecule has 0 unspecified atom stereocenters. The molecule has 3 rings (SSSR count). The van der Waals surface area contributed by atoms with Crippen molar-refractivity contribution in [2.45, 2.75) is 44.2 Å². The smallest absolute Gasteiger partial charge is 0.340 e. The van der Waals surface area contributed by atoms with Crippen molar-refractivity contribution in [1.29, 1.82) is 0 Å². The summed E-state index contributed by atoms with van der Waals surface area (Å²) in [7, 11) is 1.21. The molecule has 0 aliphatic heterocycles. The normalized spacial score (nSPS) is 15.4. The van der Waals surface area contributed by atoms with Crippen LogP contribution in [0.25, 0.3) is 11.1 Å². The monoisotopic (exact) mass is 482 g/mol. The first kappa shape index (κ1) is 24.6. The maximum absolute atomic E-state index is 15.0. The zero-order valence-electron chi connectivity index (χ0n) is 17.9. The molecule has 1 aliphatic rings. The number of hydrogen-bond acceptors (Lipinski definition) is 4. The second kappa shape index (κ2) is 9.82. The van der Waals surface area contributed by atoms with Gasteiger partial charge in [-0.15, -0.1) is 0 Å². The van der Waals surface area contributed by atoms with E-state index in [0.29, 0.717) is 17.5 Å². The molecule has 0 radical (unpaired) electrons. The maximum atomic E-state index is 15.0. The molecule has 2 N–H and O–H groups in total. The minimum atomic E-state index is -3.24. The molecule has 0 bridgehead atoms. The van der Waals surface area contributed by atoms with Gasteiger partial charge in [0.2, 0.25) is 5.91 Å². The fourth-order valence-corrected chi connectivity index (χ4v) is 4.01. The predicted molar refractivity (Wildman–Crippen MR) is 115 cm³/mol. The number of amides is 2. The third kappa shape index (κ3) is 4.98. The summed E-state index contributed by atoms with van der Waals surface area (Å²) in [5.41, 5.74) is -0.439. The van der Waals surface area contributed by atoms with Crippen LogP contribution in [0.5, 0.6) is 0 Å². The maximum Gasteiger partial charge on any atom is 0.340 e. The number of benzene rings is 2. The summed E-state index contributed by atoms with van der Waals surface area (Å²) in [5, 5.41) is 4.86. The van der Waals surface area contributed by atoms with Gasteiger partial charge in [0.15, 0.2) is 0 Å². The molecular weight excluding hydrogens is 461 g/mol. The molecule has 0 saturated heterocycles. The van der Waals surface area contributed by atoms with E-state index in [1.807, 2.05) is 0 Å². The van der Waals surface area contributed by atoms with Crippen LogP contribution in [0.3, 0.4) is 0 Å². The molecule has 176 valence electrons. The molecule has 0 aromatic heterocycles. The first-order valence-corrected chi connectivity index (χ1v) is 10.5. The van der Waals surface area contributed by atoms with Crippen LogP contribution >= 0.6 is 11.6 Å². The molecule has 1 aliphatic carbocycles. The highest BCUT2D eigenvalue weighted by molar-refractivity contribution is 6.34. The summed E-state index contributed by atoms with van der Waals surface area (Å²) >= 11 is 6.13. The Morgan fingerprint density at radius 2 is 1.85 bits per heavy atom. The van der Waals surface area contributed by atoms with E-state index in [0.717, 1.165) is 0 Å². The highest BCUT2D eigenvalue weighted by Crippen LogP contribution is 2.34. The van der Waals surface area contributed by atoms with Crippen LogP contribution < -0.4 is 10.6 Å². The second-order valence-corrected chi connectivity index (χ2v) is 8.22. The number of methoxy groups -OCH3 is 1. The lowest BCUT2D eigenvalue weighted by Gasteiger charge is -2.41. The van der Waals surface area contributed by atoms with E-state index in [9.17, 15) is 27.6 Å². The molecule has 2 aromatic carbocycles. The number of alkyl halides is 2. The summed E-state index contributed by atoms with van der Waals surface area (Å²) in [6.07, 6.45) is -2.21. The summed E-state index contributed by atoms with van der Waals surface area (Å²) in [4.78, 5) is 36.3. The van der Waals surface area contributed by atoms with Crippen LogP contribution in [-0.2, 0) is 14.3 Å². The lowest BCUT2D eigenvalue weighted by Crippen LogP contribution is -2.63. The van der Waals surface area contributed by atoms with Crippen molar-refractivity contribution >= 4 is 29.4 Å². The van der Waals surface area contributed by atoms with Crippen LogP contribution in [-0.4, -0.2) is 36.9 Å². The highest BCUT2D eigenvalue weighted by Gasteiger charge is 2.46. The Morgan fingerprint density at radius 3 is 2.39 bits per heavy atom. The van der Waals surface area contributed by atoms with Gasteiger partial charge in [0.05, 0.1) is 23.7 Å². The average Bonchev–Trinajstić information content (AvgIpc) is 2.74. The van der Waals surface area contributed by atoms with E-state index in [2.05, 4.69) is 10.6 Å². The van der Waals surface area contributed by atoms with E-state index >= 15 is 0 Å². The predicted octanol–water partition coefficient (Wildman–Crippen LogP) is 4.41. The summed E-state index contributed by atoms with van der Waals surface area (Å²) < 4.78 is 45.0. The average molecular weight is 483 g/mol. The van der Waals surface area contributed by atoms with Crippen LogP contribution in [0.15, 0.2) is 36.4 Å². The van der Waals surface area contributed by atoms with E-state index < -0.39 is 41.6 Å². The van der Waals surface area contributed by atoms with E-state index in [-0.39, 0.29) is 29.0 Å². The van der Waals surface area contributed by atoms with Crippen molar-refractivity contribution in [2.75, 3.05) is 7.11 Å². The molecular formula is C23H22ClF3N2O4. The standard InChI is InChI=1S/C23H22ClF3N2O4/c1-12(28-22(32)23(9-4-10-23)29-20(30)19(26)27)14-8-7-13(11-17(14)25)15-5-3-6-16(24)18(15)21(31)33-2/h3,5-8,11-12,19H,4,9-10H2,1-2H3,(H,28,32)(H,29,30)/t12-/m1/s1. The topological polar surface area (TPSA) is 84.5 Å². The van der Waals surface area contributed by atoms with Crippen molar-refractivity contribution in [3.05, 3.63) is 58.4 Å². The molecule has 10 heteroatoms. The second-order valence-electron chi connectivity index (χ2n) is 7.81. The van der Waals surface area contributed by atoms with Gasteiger partial charge in [-0.3, -0.25) is 9.59 Å². The minimum absolute atomic E-state index is 0.0943. The Hall–Kier alpha value is -3.07. The van der Waals surface area contributed by atoms with Gasteiger partial charge in [0.25, 0.3) is 5.91 Å². The summed E-state index contributed by atoms with van der Waals surface area (Å²) in [6.45, 7) is 1.54. The minimum Gasteiger partial charge on any atom is -0.465 e. The Morgan fingerprint density at radius 1 is 1.15 bits per heavy atom. The molecule has 1 fully saturated rings. The van der Waals surface area contributed by atoms with Gasteiger partial charge in [-0.2, -0.15) is 8.78 Å². The van der Waals surface area contributed by atoms with Gasteiger partial charge >= 0.3 is 12.4 Å². The number of hydrogen-bond donors (Lipinski definition) is 2. The van der Waals surface area contributed by atoms with Gasteiger partial charge in [-0.25, -0.2) is 9.18 Å². The number of rotatable bonds is 7. The van der Waals surface area contributed by atoms with Crippen molar-refractivity contribution < 1.29 is 32.3 Å². The van der Waals surface area contributed by atoms with Gasteiger partial charge in [0.1, 0.15) is 11.4 Å². The third-order valence-electron chi connectivity index (χ3n) is 5.73. The largest absolute Gasteiger partial charge is 0.465 e. The Balaban J connectivity index is 1.82. The first-order chi connectivity index (χ1) is 15.6. The van der Waals surface area contributed by atoms with Crippen LogP contribution in [0.4, 0.5) is 13.2 Å². The number of esters is 1. The Labute approximate surface area is 193 Å². The molecule has 0 heterocycles. The van der Waals surface area contributed by atoms with Crippen LogP contribution in [0.2, 0.25) is 5.02 Å². The lowest BCUT2D eigenvalue weighted by molar-refractivity contribution is -0.142. The molecule has 2 amide bonds. The molecule has 1 atom stereocenters. The van der Waals surface area contributed by atoms with Gasteiger partial charge < -0.3 is 15.4 Å². The summed E-state index contributed by atoms with van der Waals surface area (Å²) in [5.74, 6) is -3.50. The summed E-state index contributed by atoms with van der Waals surface area (Å²) in [6, 6.07) is 8.14. The molecule has 33 heavy (non-hydrogen) atoms. The highest BCUT2D eigenvalue weighted by atomic mass is 35.5. The Bertz CT molecular complexity index is 1090. The number of ether oxygens (including phenoxy) is 1. The molecule has 2 aromatic rings. The molecule has 6 nitrogen and oxygen atoms in total. The van der Waals surface area contributed by atoms with E-state index in [1.54, 1.807) is 18.2 Å². The van der Waals surface area contributed by atoms with Gasteiger partial charge in [-0.05, 0) is 49.4 Å². The van der Waals surface area contributed by atoms with Crippen molar-refractivity contribution in [3.63, 3.8) is 0 Å². The molecule has 1 saturated carbocycles. The van der Waals surface area contributed by atoms with Crippen LogP contribution in [0, 0.1) is 5.82 Å².